The van der Waals surface area contributed by atoms with Gasteiger partial charge in [0.1, 0.15) is 6.04 Å². The van der Waals surface area contributed by atoms with Crippen LogP contribution in [0.5, 0.6) is 0 Å². The molecule has 0 aromatic carbocycles. The van der Waals surface area contributed by atoms with Crippen molar-refractivity contribution in [1.82, 2.24) is 5.32 Å². The van der Waals surface area contributed by atoms with Crippen molar-refractivity contribution in [3.8, 4) is 0 Å². The highest BCUT2D eigenvalue weighted by Crippen LogP contribution is 2.23. The zero-order valence-corrected chi connectivity index (χ0v) is 8.70. The van der Waals surface area contributed by atoms with E-state index in [-0.39, 0.29) is 0 Å². The summed E-state index contributed by atoms with van der Waals surface area (Å²) in [6.07, 6.45) is 4.36. The van der Waals surface area contributed by atoms with Gasteiger partial charge in [-0.25, -0.2) is 0 Å². The van der Waals surface area contributed by atoms with Crippen molar-refractivity contribution in [2.45, 2.75) is 44.7 Å². The fourth-order valence-corrected chi connectivity index (χ4v) is 1.99. The zero-order chi connectivity index (χ0) is 10.6. The Balaban J connectivity index is 2.25. The second-order valence-corrected chi connectivity index (χ2v) is 4.18. The molecular weight excluding hydrogens is 180 g/mol. The number of carboxylic acid groups (broad SMARTS) is 1. The van der Waals surface area contributed by atoms with Crippen molar-refractivity contribution in [3.05, 3.63) is 0 Å². The molecule has 0 spiro atoms. The average Bonchev–Trinajstić information content (AvgIpc) is 2.19. The van der Waals surface area contributed by atoms with E-state index in [9.17, 15) is 4.79 Å². The Bertz CT molecular complexity index is 189. The van der Waals surface area contributed by atoms with Crippen LogP contribution in [0.3, 0.4) is 0 Å². The van der Waals surface area contributed by atoms with Gasteiger partial charge in [-0.2, -0.15) is 0 Å². The molecule has 0 heterocycles. The Morgan fingerprint density at radius 2 is 2.07 bits per heavy atom. The van der Waals surface area contributed by atoms with Gasteiger partial charge in [-0.3, -0.25) is 4.79 Å². The van der Waals surface area contributed by atoms with Gasteiger partial charge in [-0.1, -0.05) is 0 Å². The summed E-state index contributed by atoms with van der Waals surface area (Å²) in [6, 6.07) is -0.0710. The van der Waals surface area contributed by atoms with Crippen molar-refractivity contribution in [2.24, 2.45) is 11.7 Å². The van der Waals surface area contributed by atoms with E-state index in [0.29, 0.717) is 12.0 Å². The van der Waals surface area contributed by atoms with Crippen molar-refractivity contribution < 1.29 is 9.90 Å². The predicted octanol–water partition coefficient (Wildman–Crippen LogP) is 0.567. The first-order valence-corrected chi connectivity index (χ1v) is 5.32. The van der Waals surface area contributed by atoms with E-state index in [1.165, 1.54) is 0 Å². The smallest absolute Gasteiger partial charge is 0.320 e. The minimum atomic E-state index is -0.772. The molecule has 0 unspecified atom stereocenters. The number of carbonyl (C=O) groups is 1. The summed E-state index contributed by atoms with van der Waals surface area (Å²) >= 11 is 0. The van der Waals surface area contributed by atoms with Crippen LogP contribution in [0.2, 0.25) is 0 Å². The summed E-state index contributed by atoms with van der Waals surface area (Å²) in [5, 5.41) is 11.9. The van der Waals surface area contributed by atoms with Gasteiger partial charge in [-0.05, 0) is 45.1 Å². The normalized spacial score (nSPS) is 29.9. The van der Waals surface area contributed by atoms with Gasteiger partial charge in [0.2, 0.25) is 0 Å². The van der Waals surface area contributed by atoms with Crippen LogP contribution in [0.15, 0.2) is 0 Å². The Morgan fingerprint density at radius 3 is 2.50 bits per heavy atom. The molecule has 1 fully saturated rings. The third kappa shape index (κ3) is 3.27. The lowest BCUT2D eigenvalue weighted by molar-refractivity contribution is -0.139. The molecule has 4 nitrogen and oxygen atoms in total. The third-order valence-corrected chi connectivity index (χ3v) is 3.04. The first-order chi connectivity index (χ1) is 6.63. The monoisotopic (exact) mass is 200 g/mol. The van der Waals surface area contributed by atoms with Crippen LogP contribution < -0.4 is 11.1 Å². The Labute approximate surface area is 84.9 Å². The van der Waals surface area contributed by atoms with E-state index >= 15 is 0 Å². The number of hydrogen-bond acceptors (Lipinski definition) is 3. The van der Waals surface area contributed by atoms with Gasteiger partial charge in [0.15, 0.2) is 0 Å². The number of rotatable bonds is 4. The Morgan fingerprint density at radius 1 is 1.50 bits per heavy atom. The molecule has 1 saturated carbocycles. The van der Waals surface area contributed by atoms with Crippen LogP contribution >= 0.6 is 0 Å². The first kappa shape index (κ1) is 11.5. The molecule has 14 heavy (non-hydrogen) atoms. The summed E-state index contributed by atoms with van der Waals surface area (Å²) in [5.74, 6) is -0.126. The maximum Gasteiger partial charge on any atom is 0.320 e. The summed E-state index contributed by atoms with van der Waals surface area (Å²) in [5.41, 5.74) is 5.58. The minimum Gasteiger partial charge on any atom is -0.480 e. The second-order valence-electron chi connectivity index (χ2n) is 4.18. The molecule has 4 heteroatoms. The van der Waals surface area contributed by atoms with Crippen LogP contribution in [0.4, 0.5) is 0 Å². The third-order valence-electron chi connectivity index (χ3n) is 3.04. The standard InChI is InChI=1S/C10H20N2O2/c1-7(10(13)14)12-9-4-2-8(6-11)3-5-9/h7-9,12H,2-6,11H2,1H3,(H,13,14)/t7-,8-,9-/m0/s1. The van der Waals surface area contributed by atoms with Crippen LogP contribution in [0.25, 0.3) is 0 Å². The van der Waals surface area contributed by atoms with Crippen molar-refractivity contribution in [2.75, 3.05) is 6.54 Å². The molecule has 0 radical (unpaired) electrons. The molecule has 1 aliphatic rings. The largest absolute Gasteiger partial charge is 0.480 e. The van der Waals surface area contributed by atoms with E-state index in [0.717, 1.165) is 32.2 Å². The van der Waals surface area contributed by atoms with E-state index in [2.05, 4.69) is 5.32 Å². The summed E-state index contributed by atoms with van der Waals surface area (Å²) in [4.78, 5) is 10.6. The second kappa shape index (κ2) is 5.32. The van der Waals surface area contributed by atoms with E-state index in [1.54, 1.807) is 6.92 Å². The molecule has 1 atom stereocenters. The lowest BCUT2D eigenvalue weighted by atomic mass is 9.86. The molecule has 4 N–H and O–H groups in total. The minimum absolute atomic E-state index is 0.365. The van der Waals surface area contributed by atoms with Gasteiger partial charge < -0.3 is 16.2 Å². The molecule has 82 valence electrons. The van der Waals surface area contributed by atoms with Gasteiger partial charge in [-0.15, -0.1) is 0 Å². The maximum absolute atomic E-state index is 10.6. The van der Waals surface area contributed by atoms with Gasteiger partial charge in [0, 0.05) is 6.04 Å². The van der Waals surface area contributed by atoms with Gasteiger partial charge in [0.05, 0.1) is 0 Å². The van der Waals surface area contributed by atoms with Crippen molar-refractivity contribution in [3.63, 3.8) is 0 Å². The summed E-state index contributed by atoms with van der Waals surface area (Å²) < 4.78 is 0. The quantitative estimate of drug-likeness (QED) is 0.620. The molecule has 1 rings (SSSR count). The topological polar surface area (TPSA) is 75.3 Å². The van der Waals surface area contributed by atoms with E-state index < -0.39 is 12.0 Å². The Kier molecular flexibility index (Phi) is 4.35. The molecule has 0 amide bonds. The summed E-state index contributed by atoms with van der Waals surface area (Å²) in [6.45, 7) is 2.46. The number of hydrogen-bond donors (Lipinski definition) is 3. The highest BCUT2D eigenvalue weighted by molar-refractivity contribution is 5.72. The Hall–Kier alpha value is -0.610. The number of aliphatic carboxylic acids is 1. The maximum atomic E-state index is 10.6. The predicted molar refractivity (Wildman–Crippen MR) is 55.0 cm³/mol. The molecule has 0 saturated heterocycles. The summed E-state index contributed by atoms with van der Waals surface area (Å²) in [7, 11) is 0. The molecule has 0 bridgehead atoms. The highest BCUT2D eigenvalue weighted by Gasteiger charge is 2.22. The first-order valence-electron chi connectivity index (χ1n) is 5.32. The van der Waals surface area contributed by atoms with Crippen LogP contribution in [0.1, 0.15) is 32.6 Å². The van der Waals surface area contributed by atoms with Gasteiger partial charge >= 0.3 is 5.97 Å². The number of nitrogens with one attached hydrogen (secondary N) is 1. The average molecular weight is 200 g/mol. The van der Waals surface area contributed by atoms with Crippen LogP contribution in [-0.4, -0.2) is 29.7 Å². The van der Waals surface area contributed by atoms with Crippen LogP contribution in [-0.2, 0) is 4.79 Å². The SMILES string of the molecule is C[C@H](N[C@H]1CC[C@H](CN)CC1)C(=O)O. The van der Waals surface area contributed by atoms with E-state index in [1.807, 2.05) is 0 Å². The fraction of sp³-hybridized carbons (Fsp3) is 0.900. The molecule has 0 aromatic heterocycles. The molecule has 0 aromatic rings. The lowest BCUT2D eigenvalue weighted by Crippen LogP contribution is -2.43. The zero-order valence-electron chi connectivity index (χ0n) is 8.70. The van der Waals surface area contributed by atoms with Crippen LogP contribution in [0, 0.1) is 5.92 Å². The molecular formula is C10H20N2O2. The van der Waals surface area contributed by atoms with Gasteiger partial charge in [0.25, 0.3) is 0 Å². The molecule has 1 aliphatic carbocycles. The highest BCUT2D eigenvalue weighted by atomic mass is 16.4. The van der Waals surface area contributed by atoms with Crippen molar-refractivity contribution >= 4 is 5.97 Å². The lowest BCUT2D eigenvalue weighted by Gasteiger charge is -2.29. The molecule has 0 aliphatic heterocycles. The van der Waals surface area contributed by atoms with Crippen molar-refractivity contribution in [1.29, 1.82) is 0 Å². The van der Waals surface area contributed by atoms with E-state index in [4.69, 9.17) is 10.8 Å². The fourth-order valence-electron chi connectivity index (χ4n) is 1.99. The number of nitrogens with two attached hydrogens (primary N) is 1. The number of carboxylic acids is 1.